The van der Waals surface area contributed by atoms with Gasteiger partial charge in [-0.3, -0.25) is 9.10 Å². The molecule has 0 atom stereocenters. The molecule has 31 heavy (non-hydrogen) atoms. The maximum absolute atomic E-state index is 12.9. The fourth-order valence-electron chi connectivity index (χ4n) is 3.13. The SMILES string of the molecule is COc1ccc(S(=O)(=O)N(C)c2cccc(C(=O)NCCCc3ccccc3)c2)cc1. The Morgan fingerprint density at radius 1 is 0.968 bits per heavy atom. The van der Waals surface area contributed by atoms with Gasteiger partial charge in [-0.1, -0.05) is 36.4 Å². The standard InChI is InChI=1S/C24H26N2O4S/c1-26(31(28,29)23-15-13-22(30-2)14-16-23)21-12-6-11-20(18-21)24(27)25-17-7-10-19-8-4-3-5-9-19/h3-6,8-9,11-16,18H,7,10,17H2,1-2H3,(H,25,27). The third-order valence-corrected chi connectivity index (χ3v) is 6.76. The fourth-order valence-corrected chi connectivity index (χ4v) is 4.32. The molecule has 162 valence electrons. The van der Waals surface area contributed by atoms with E-state index in [0.717, 1.165) is 12.8 Å². The summed E-state index contributed by atoms with van der Waals surface area (Å²) in [6, 6.07) is 22.9. The van der Waals surface area contributed by atoms with Crippen LogP contribution >= 0.6 is 0 Å². The van der Waals surface area contributed by atoms with Crippen LogP contribution in [-0.4, -0.2) is 35.0 Å². The molecule has 1 N–H and O–H groups in total. The van der Waals surface area contributed by atoms with Crippen LogP contribution in [0.1, 0.15) is 22.3 Å². The van der Waals surface area contributed by atoms with E-state index in [4.69, 9.17) is 4.74 Å². The van der Waals surface area contributed by atoms with Gasteiger partial charge in [-0.25, -0.2) is 8.42 Å². The number of carbonyl (C=O) groups is 1. The first kappa shape index (κ1) is 22.4. The van der Waals surface area contributed by atoms with E-state index in [0.29, 0.717) is 23.5 Å². The molecule has 0 aliphatic heterocycles. The van der Waals surface area contributed by atoms with Crippen LogP contribution in [0.15, 0.2) is 83.8 Å². The summed E-state index contributed by atoms with van der Waals surface area (Å²) < 4.78 is 32.1. The van der Waals surface area contributed by atoms with Crippen molar-refractivity contribution in [3.8, 4) is 5.75 Å². The number of hydrogen-bond donors (Lipinski definition) is 1. The van der Waals surface area contributed by atoms with Crippen molar-refractivity contribution in [3.05, 3.63) is 90.0 Å². The highest BCUT2D eigenvalue weighted by Crippen LogP contribution is 2.24. The highest BCUT2D eigenvalue weighted by Gasteiger charge is 2.22. The third kappa shape index (κ3) is 5.64. The van der Waals surface area contributed by atoms with Gasteiger partial charge < -0.3 is 10.1 Å². The average Bonchev–Trinajstić information content (AvgIpc) is 2.82. The van der Waals surface area contributed by atoms with Gasteiger partial charge in [-0.15, -0.1) is 0 Å². The van der Waals surface area contributed by atoms with E-state index in [1.807, 2.05) is 18.2 Å². The summed E-state index contributed by atoms with van der Waals surface area (Å²) in [4.78, 5) is 12.7. The van der Waals surface area contributed by atoms with Gasteiger partial charge in [0.1, 0.15) is 5.75 Å². The molecule has 0 saturated carbocycles. The largest absolute Gasteiger partial charge is 0.497 e. The molecule has 0 radical (unpaired) electrons. The number of aryl methyl sites for hydroxylation is 1. The lowest BCUT2D eigenvalue weighted by atomic mass is 10.1. The maximum atomic E-state index is 12.9. The highest BCUT2D eigenvalue weighted by atomic mass is 32.2. The van der Waals surface area contributed by atoms with Crippen molar-refractivity contribution in [1.29, 1.82) is 0 Å². The quantitative estimate of drug-likeness (QED) is 0.515. The summed E-state index contributed by atoms with van der Waals surface area (Å²) in [6.07, 6.45) is 1.70. The van der Waals surface area contributed by atoms with Gasteiger partial charge in [0, 0.05) is 19.2 Å². The summed E-state index contributed by atoms with van der Waals surface area (Å²) in [5, 5.41) is 2.90. The van der Waals surface area contributed by atoms with E-state index in [1.165, 1.54) is 36.2 Å². The van der Waals surface area contributed by atoms with Gasteiger partial charge in [-0.05, 0) is 60.9 Å². The number of rotatable bonds is 9. The summed E-state index contributed by atoms with van der Waals surface area (Å²) >= 11 is 0. The van der Waals surface area contributed by atoms with Crippen molar-refractivity contribution >= 4 is 21.6 Å². The zero-order valence-electron chi connectivity index (χ0n) is 17.6. The Hall–Kier alpha value is -3.32. The van der Waals surface area contributed by atoms with Crippen molar-refractivity contribution in [2.24, 2.45) is 0 Å². The normalized spacial score (nSPS) is 11.0. The molecule has 0 saturated heterocycles. The van der Waals surface area contributed by atoms with E-state index in [9.17, 15) is 13.2 Å². The number of amides is 1. The molecule has 7 heteroatoms. The van der Waals surface area contributed by atoms with Gasteiger partial charge in [-0.2, -0.15) is 0 Å². The number of ether oxygens (including phenoxy) is 1. The van der Waals surface area contributed by atoms with Gasteiger partial charge in [0.05, 0.1) is 17.7 Å². The number of nitrogens with zero attached hydrogens (tertiary/aromatic N) is 1. The predicted molar refractivity (Wildman–Crippen MR) is 122 cm³/mol. The molecule has 3 rings (SSSR count). The van der Waals surface area contributed by atoms with Crippen LogP contribution in [0.25, 0.3) is 0 Å². The van der Waals surface area contributed by atoms with E-state index in [1.54, 1.807) is 36.4 Å². The second kappa shape index (κ2) is 10.1. The van der Waals surface area contributed by atoms with Crippen LogP contribution in [-0.2, 0) is 16.4 Å². The van der Waals surface area contributed by atoms with Crippen LogP contribution in [0.3, 0.4) is 0 Å². The molecule has 0 aliphatic rings. The Morgan fingerprint density at radius 3 is 2.35 bits per heavy atom. The number of anilines is 1. The summed E-state index contributed by atoms with van der Waals surface area (Å²) in [7, 11) is -0.775. The molecule has 1 amide bonds. The number of hydrogen-bond acceptors (Lipinski definition) is 4. The van der Waals surface area contributed by atoms with Gasteiger partial charge in [0.25, 0.3) is 15.9 Å². The van der Waals surface area contributed by atoms with Crippen LogP contribution in [0, 0.1) is 0 Å². The highest BCUT2D eigenvalue weighted by molar-refractivity contribution is 7.92. The number of methoxy groups -OCH3 is 1. The Balaban J connectivity index is 1.64. The van der Waals surface area contributed by atoms with Crippen molar-refractivity contribution in [2.45, 2.75) is 17.7 Å². The van der Waals surface area contributed by atoms with E-state index >= 15 is 0 Å². The molecule has 0 fully saturated rings. The van der Waals surface area contributed by atoms with Crippen molar-refractivity contribution in [3.63, 3.8) is 0 Å². The second-order valence-electron chi connectivity index (χ2n) is 7.04. The molecule has 0 bridgehead atoms. The van der Waals surface area contributed by atoms with Crippen LogP contribution in [0.5, 0.6) is 5.75 Å². The summed E-state index contributed by atoms with van der Waals surface area (Å²) in [5.74, 6) is 0.345. The van der Waals surface area contributed by atoms with Crippen molar-refractivity contribution in [1.82, 2.24) is 5.32 Å². The Morgan fingerprint density at radius 2 is 1.68 bits per heavy atom. The minimum atomic E-state index is -3.76. The van der Waals surface area contributed by atoms with Gasteiger partial charge in [0.2, 0.25) is 0 Å². The van der Waals surface area contributed by atoms with Crippen LogP contribution < -0.4 is 14.4 Å². The minimum Gasteiger partial charge on any atom is -0.497 e. The average molecular weight is 439 g/mol. The lowest BCUT2D eigenvalue weighted by Crippen LogP contribution is -2.28. The number of nitrogens with one attached hydrogen (secondary N) is 1. The Labute approximate surface area is 183 Å². The smallest absolute Gasteiger partial charge is 0.264 e. The summed E-state index contributed by atoms with van der Waals surface area (Å²) in [5.41, 5.74) is 2.05. The fraction of sp³-hybridized carbons (Fsp3) is 0.208. The van der Waals surface area contributed by atoms with Gasteiger partial charge in [0.15, 0.2) is 0 Å². The molecule has 0 aliphatic carbocycles. The maximum Gasteiger partial charge on any atom is 0.264 e. The third-order valence-electron chi connectivity index (χ3n) is 4.96. The monoisotopic (exact) mass is 438 g/mol. The van der Waals surface area contributed by atoms with Gasteiger partial charge >= 0.3 is 0 Å². The molecule has 3 aromatic carbocycles. The van der Waals surface area contributed by atoms with Crippen molar-refractivity contribution in [2.75, 3.05) is 25.0 Å². The molecule has 0 aromatic heterocycles. The molecular formula is C24H26N2O4S. The van der Waals surface area contributed by atoms with E-state index in [-0.39, 0.29) is 10.8 Å². The molecule has 6 nitrogen and oxygen atoms in total. The number of benzene rings is 3. The van der Waals surface area contributed by atoms with E-state index < -0.39 is 10.0 Å². The summed E-state index contributed by atoms with van der Waals surface area (Å²) in [6.45, 7) is 0.540. The topological polar surface area (TPSA) is 75.7 Å². The Bertz CT molecular complexity index is 1110. The lowest BCUT2D eigenvalue weighted by molar-refractivity contribution is 0.0953. The van der Waals surface area contributed by atoms with Crippen molar-refractivity contribution < 1.29 is 17.9 Å². The first-order chi connectivity index (χ1) is 14.9. The molecule has 0 spiro atoms. The minimum absolute atomic E-state index is 0.145. The Kier molecular flexibility index (Phi) is 7.31. The first-order valence-corrected chi connectivity index (χ1v) is 11.4. The first-order valence-electron chi connectivity index (χ1n) is 9.97. The predicted octanol–water partition coefficient (Wildman–Crippen LogP) is 3.88. The molecule has 0 unspecified atom stereocenters. The van der Waals surface area contributed by atoms with E-state index in [2.05, 4.69) is 17.4 Å². The second-order valence-corrected chi connectivity index (χ2v) is 9.01. The zero-order chi connectivity index (χ0) is 22.3. The van der Waals surface area contributed by atoms with Crippen LogP contribution in [0.4, 0.5) is 5.69 Å². The molecule has 0 heterocycles. The molecular weight excluding hydrogens is 412 g/mol. The number of sulfonamides is 1. The molecule has 3 aromatic rings. The van der Waals surface area contributed by atoms with Crippen LogP contribution in [0.2, 0.25) is 0 Å². The number of carbonyl (C=O) groups excluding carboxylic acids is 1. The lowest BCUT2D eigenvalue weighted by Gasteiger charge is -2.20. The zero-order valence-corrected chi connectivity index (χ0v) is 18.4.